The normalized spacial score (nSPS) is 11.4. The number of hydrogen-bond acceptors (Lipinski definition) is 0. The maximum absolute atomic E-state index is 3.89. The lowest BCUT2D eigenvalue weighted by Gasteiger charge is -2.11. The highest BCUT2D eigenvalue weighted by Gasteiger charge is 2.02. The van der Waals surface area contributed by atoms with E-state index in [9.17, 15) is 0 Å². The lowest BCUT2D eigenvalue weighted by atomic mass is 9.95. The average Bonchev–Trinajstić information content (AvgIpc) is 2.44. The molecule has 0 amide bonds. The topological polar surface area (TPSA) is 0 Å². The average molecular weight is 268 g/mol. The van der Waals surface area contributed by atoms with Gasteiger partial charge in [-0.25, -0.2) is 0 Å². The molecular weight excluding hydrogens is 228 g/mol. The van der Waals surface area contributed by atoms with Crippen molar-refractivity contribution in [2.45, 2.75) is 110 Å². The van der Waals surface area contributed by atoms with Crippen LogP contribution in [0.1, 0.15) is 110 Å². The van der Waals surface area contributed by atoms with Gasteiger partial charge in [0.1, 0.15) is 0 Å². The van der Waals surface area contributed by atoms with Gasteiger partial charge in [0.05, 0.1) is 0 Å². The first-order valence-corrected chi connectivity index (χ1v) is 9.14. The van der Waals surface area contributed by atoms with Gasteiger partial charge in [-0.3, -0.25) is 0 Å². The Morgan fingerprint density at radius 3 is 1.32 bits per heavy atom. The number of rotatable bonds is 15. The molecule has 0 aromatic heterocycles. The molecule has 0 atom stereocenters. The molecule has 0 heterocycles. The van der Waals surface area contributed by atoms with E-state index < -0.39 is 0 Å². The second-order valence-corrected chi connectivity index (χ2v) is 6.21. The third kappa shape index (κ3) is 14.2. The second kappa shape index (κ2) is 16.1. The minimum atomic E-state index is 0.998. The van der Waals surface area contributed by atoms with Gasteiger partial charge in [-0.05, 0) is 5.92 Å². The summed E-state index contributed by atoms with van der Waals surface area (Å²) in [6, 6.07) is 0. The molecule has 0 rings (SSSR count). The first-order chi connectivity index (χ1) is 9.35. The Labute approximate surface area is 123 Å². The van der Waals surface area contributed by atoms with E-state index in [1.807, 2.05) is 0 Å². The Morgan fingerprint density at radius 2 is 0.947 bits per heavy atom. The van der Waals surface area contributed by atoms with Crippen molar-refractivity contribution in [3.05, 3.63) is 6.92 Å². The summed E-state index contributed by atoms with van der Waals surface area (Å²) >= 11 is 0. The van der Waals surface area contributed by atoms with E-state index in [0.717, 1.165) is 12.3 Å². The molecule has 0 aromatic rings. The number of unbranched alkanes of at least 4 members (excludes halogenated alkanes) is 11. The fourth-order valence-electron chi connectivity index (χ4n) is 2.90. The van der Waals surface area contributed by atoms with Gasteiger partial charge in [0.15, 0.2) is 0 Å². The summed E-state index contributed by atoms with van der Waals surface area (Å²) in [5.41, 5.74) is 0. The summed E-state index contributed by atoms with van der Waals surface area (Å²) in [4.78, 5) is 0. The van der Waals surface area contributed by atoms with Gasteiger partial charge in [-0.2, -0.15) is 0 Å². The standard InChI is InChI=1S/C19H39/c1-4-7-8-9-10-11-12-13-14-15-16-17-18-19(5-2)6-3/h19H,1,4-18H2,2-3H3. The Balaban J connectivity index is 3.02. The monoisotopic (exact) mass is 267 g/mol. The van der Waals surface area contributed by atoms with Gasteiger partial charge in [-0.15, -0.1) is 0 Å². The molecule has 0 unspecified atom stereocenters. The predicted octanol–water partition coefficient (Wildman–Crippen LogP) is 7.33. The van der Waals surface area contributed by atoms with E-state index in [0.29, 0.717) is 0 Å². The molecule has 0 bridgehead atoms. The maximum atomic E-state index is 3.89. The van der Waals surface area contributed by atoms with Crippen LogP contribution in [0.4, 0.5) is 0 Å². The third-order valence-corrected chi connectivity index (χ3v) is 4.52. The molecule has 19 heavy (non-hydrogen) atoms. The van der Waals surface area contributed by atoms with Gasteiger partial charge >= 0.3 is 0 Å². The number of hydrogen-bond donors (Lipinski definition) is 0. The summed E-state index contributed by atoms with van der Waals surface area (Å²) in [6.07, 6.45) is 21.3. The Hall–Kier alpha value is 0. The van der Waals surface area contributed by atoms with Gasteiger partial charge in [0.25, 0.3) is 0 Å². The molecule has 115 valence electrons. The van der Waals surface area contributed by atoms with Crippen LogP contribution in [0.25, 0.3) is 0 Å². The van der Waals surface area contributed by atoms with Crippen molar-refractivity contribution in [2.24, 2.45) is 5.92 Å². The Bertz CT molecular complexity index is 146. The highest BCUT2D eigenvalue weighted by molar-refractivity contribution is 4.55. The molecule has 1 radical (unpaired) electrons. The molecule has 0 fully saturated rings. The molecule has 0 aliphatic heterocycles. The SMILES string of the molecule is [CH2]CCCCCCCCCCCCCC(CC)CC. The van der Waals surface area contributed by atoms with Crippen molar-refractivity contribution in [1.29, 1.82) is 0 Å². The minimum absolute atomic E-state index is 0.998. The molecule has 0 nitrogen and oxygen atoms in total. The van der Waals surface area contributed by atoms with Crippen molar-refractivity contribution >= 4 is 0 Å². The predicted molar refractivity (Wildman–Crippen MR) is 89.5 cm³/mol. The highest BCUT2D eigenvalue weighted by Crippen LogP contribution is 2.18. The second-order valence-electron chi connectivity index (χ2n) is 6.21. The van der Waals surface area contributed by atoms with E-state index in [2.05, 4.69) is 20.8 Å². The maximum Gasteiger partial charge on any atom is -0.0420 e. The lowest BCUT2D eigenvalue weighted by Crippen LogP contribution is -1.96. The van der Waals surface area contributed by atoms with E-state index in [-0.39, 0.29) is 0 Å². The van der Waals surface area contributed by atoms with Crippen LogP contribution in [0.2, 0.25) is 0 Å². The van der Waals surface area contributed by atoms with Crippen LogP contribution in [0.5, 0.6) is 0 Å². The summed E-state index contributed by atoms with van der Waals surface area (Å²) in [7, 11) is 0. The van der Waals surface area contributed by atoms with Crippen LogP contribution < -0.4 is 0 Å². The fourth-order valence-corrected chi connectivity index (χ4v) is 2.90. The zero-order valence-corrected chi connectivity index (χ0v) is 13.9. The fraction of sp³-hybridized carbons (Fsp3) is 0.947. The summed E-state index contributed by atoms with van der Waals surface area (Å²) in [5.74, 6) is 0.998. The molecule has 0 saturated heterocycles. The van der Waals surface area contributed by atoms with Crippen LogP contribution in [-0.2, 0) is 0 Å². The molecule has 0 aromatic carbocycles. The largest absolute Gasteiger partial charge is 0.0651 e. The first-order valence-electron chi connectivity index (χ1n) is 9.14. The van der Waals surface area contributed by atoms with Crippen LogP contribution in [0.15, 0.2) is 0 Å². The van der Waals surface area contributed by atoms with E-state index in [1.165, 1.54) is 89.9 Å². The molecule has 0 aliphatic carbocycles. The zero-order chi connectivity index (χ0) is 14.2. The minimum Gasteiger partial charge on any atom is -0.0651 e. The zero-order valence-electron chi connectivity index (χ0n) is 13.9. The van der Waals surface area contributed by atoms with Crippen LogP contribution >= 0.6 is 0 Å². The van der Waals surface area contributed by atoms with E-state index in [4.69, 9.17) is 0 Å². The molecular formula is C19H39. The molecule has 0 spiro atoms. The van der Waals surface area contributed by atoms with E-state index in [1.54, 1.807) is 0 Å². The van der Waals surface area contributed by atoms with Crippen LogP contribution in [0.3, 0.4) is 0 Å². The highest BCUT2D eigenvalue weighted by atomic mass is 14.1. The van der Waals surface area contributed by atoms with Crippen molar-refractivity contribution in [1.82, 2.24) is 0 Å². The smallest absolute Gasteiger partial charge is 0.0420 e. The van der Waals surface area contributed by atoms with Crippen molar-refractivity contribution in [3.63, 3.8) is 0 Å². The van der Waals surface area contributed by atoms with Crippen molar-refractivity contribution in [2.75, 3.05) is 0 Å². The third-order valence-electron chi connectivity index (χ3n) is 4.52. The van der Waals surface area contributed by atoms with Gasteiger partial charge in [0.2, 0.25) is 0 Å². The first kappa shape index (κ1) is 19.0. The quantitative estimate of drug-likeness (QED) is 0.272. The summed E-state index contributed by atoms with van der Waals surface area (Å²) in [5, 5.41) is 0. The Morgan fingerprint density at radius 1 is 0.579 bits per heavy atom. The molecule has 0 aliphatic rings. The summed E-state index contributed by atoms with van der Waals surface area (Å²) < 4.78 is 0. The Kier molecular flexibility index (Phi) is 16.1. The summed E-state index contributed by atoms with van der Waals surface area (Å²) in [6.45, 7) is 8.57. The van der Waals surface area contributed by atoms with Gasteiger partial charge in [0, 0.05) is 0 Å². The van der Waals surface area contributed by atoms with Gasteiger partial charge < -0.3 is 0 Å². The van der Waals surface area contributed by atoms with Crippen molar-refractivity contribution < 1.29 is 0 Å². The molecule has 0 saturated carbocycles. The molecule has 0 N–H and O–H groups in total. The van der Waals surface area contributed by atoms with Crippen LogP contribution in [0, 0.1) is 12.8 Å². The molecule has 0 heteroatoms. The van der Waals surface area contributed by atoms with Gasteiger partial charge in [-0.1, -0.05) is 117 Å². The van der Waals surface area contributed by atoms with E-state index >= 15 is 0 Å². The van der Waals surface area contributed by atoms with Crippen molar-refractivity contribution in [3.8, 4) is 0 Å². The lowest BCUT2D eigenvalue weighted by molar-refractivity contribution is 0.426. The van der Waals surface area contributed by atoms with Crippen LogP contribution in [-0.4, -0.2) is 0 Å².